The van der Waals surface area contributed by atoms with Crippen LogP contribution >= 0.6 is 15.9 Å². The normalized spacial score (nSPS) is 11.2. The lowest BCUT2D eigenvalue weighted by Crippen LogP contribution is -2.42. The van der Waals surface area contributed by atoms with E-state index in [1.165, 1.54) is 0 Å². The maximum atomic E-state index is 12.0. The molecule has 0 aliphatic carbocycles. The molecular formula is C17H21BrN4O2. The Kier molecular flexibility index (Phi) is 7.35. The van der Waals surface area contributed by atoms with E-state index in [1.54, 1.807) is 25.4 Å². The van der Waals surface area contributed by atoms with Gasteiger partial charge in [-0.15, -0.1) is 0 Å². The number of hydrogen-bond acceptors (Lipinski definition) is 3. The molecule has 0 unspecified atom stereocenters. The van der Waals surface area contributed by atoms with E-state index in [0.717, 1.165) is 23.2 Å². The molecule has 0 fully saturated rings. The fraction of sp³-hybridized carbons (Fsp3) is 0.294. The van der Waals surface area contributed by atoms with Crippen LogP contribution < -0.4 is 16.0 Å². The maximum Gasteiger partial charge on any atom is 0.251 e. The number of halogens is 1. The van der Waals surface area contributed by atoms with E-state index in [1.807, 2.05) is 24.3 Å². The van der Waals surface area contributed by atoms with Crippen LogP contribution in [-0.2, 0) is 6.42 Å². The summed E-state index contributed by atoms with van der Waals surface area (Å²) in [6.45, 7) is 1.81. The Bertz CT molecular complexity index is 654. The van der Waals surface area contributed by atoms with Gasteiger partial charge in [0.05, 0.1) is 6.26 Å². The second kappa shape index (κ2) is 9.77. The molecule has 0 saturated carbocycles. The van der Waals surface area contributed by atoms with E-state index in [0.29, 0.717) is 24.6 Å². The van der Waals surface area contributed by atoms with Crippen molar-refractivity contribution < 1.29 is 9.21 Å². The molecule has 3 N–H and O–H groups in total. The van der Waals surface area contributed by atoms with Crippen molar-refractivity contribution in [1.29, 1.82) is 0 Å². The summed E-state index contributed by atoms with van der Waals surface area (Å²) >= 11 is 3.35. The molecule has 0 aliphatic rings. The molecule has 0 bridgehead atoms. The zero-order valence-corrected chi connectivity index (χ0v) is 15.1. The lowest BCUT2D eigenvalue weighted by Gasteiger charge is -2.12. The van der Waals surface area contributed by atoms with Crippen molar-refractivity contribution in [2.75, 3.05) is 26.7 Å². The third-order valence-electron chi connectivity index (χ3n) is 3.28. The zero-order valence-electron chi connectivity index (χ0n) is 13.5. The highest BCUT2D eigenvalue weighted by Crippen LogP contribution is 2.10. The number of nitrogens with zero attached hydrogens (tertiary/aromatic N) is 1. The van der Waals surface area contributed by atoms with Gasteiger partial charge in [-0.25, -0.2) is 0 Å². The molecule has 0 aliphatic heterocycles. The third-order valence-corrected chi connectivity index (χ3v) is 3.81. The first kappa shape index (κ1) is 18.1. The Morgan fingerprint density at radius 2 is 1.79 bits per heavy atom. The highest BCUT2D eigenvalue weighted by Gasteiger charge is 2.04. The van der Waals surface area contributed by atoms with Gasteiger partial charge in [-0.3, -0.25) is 9.79 Å². The number of benzene rings is 1. The Balaban J connectivity index is 1.62. The van der Waals surface area contributed by atoms with E-state index in [-0.39, 0.29) is 5.91 Å². The summed E-state index contributed by atoms with van der Waals surface area (Å²) in [5, 5.41) is 9.21. The summed E-state index contributed by atoms with van der Waals surface area (Å²) in [5.41, 5.74) is 0.638. The maximum absolute atomic E-state index is 12.0. The summed E-state index contributed by atoms with van der Waals surface area (Å²) in [6.07, 6.45) is 2.45. The predicted molar refractivity (Wildman–Crippen MR) is 98.3 cm³/mol. The Morgan fingerprint density at radius 3 is 2.46 bits per heavy atom. The quantitative estimate of drug-likeness (QED) is 0.383. The number of carbonyl (C=O) groups excluding carboxylic acids is 1. The number of rotatable bonds is 7. The third kappa shape index (κ3) is 6.08. The molecule has 1 heterocycles. The van der Waals surface area contributed by atoms with Crippen LogP contribution in [-0.4, -0.2) is 38.5 Å². The van der Waals surface area contributed by atoms with E-state index in [9.17, 15) is 4.79 Å². The largest absolute Gasteiger partial charge is 0.469 e. The molecule has 0 atom stereocenters. The SMILES string of the molecule is CN=C(NCCNC(=O)c1ccc(Br)cc1)NCCc1ccco1. The van der Waals surface area contributed by atoms with Gasteiger partial charge in [0.25, 0.3) is 5.91 Å². The molecule has 1 amide bonds. The van der Waals surface area contributed by atoms with E-state index >= 15 is 0 Å². The molecule has 1 aromatic heterocycles. The second-order valence-corrected chi connectivity index (χ2v) is 5.93. The van der Waals surface area contributed by atoms with Crippen molar-refractivity contribution >= 4 is 27.8 Å². The Labute approximate surface area is 149 Å². The fourth-order valence-electron chi connectivity index (χ4n) is 2.04. The van der Waals surface area contributed by atoms with Crippen LogP contribution in [0.25, 0.3) is 0 Å². The van der Waals surface area contributed by atoms with Crippen LogP contribution in [0.5, 0.6) is 0 Å². The van der Waals surface area contributed by atoms with Crippen LogP contribution in [0.15, 0.2) is 56.5 Å². The molecule has 6 nitrogen and oxygen atoms in total. The van der Waals surface area contributed by atoms with Gasteiger partial charge in [0, 0.05) is 43.1 Å². The molecule has 2 aromatic rings. The number of furan rings is 1. The molecule has 0 saturated heterocycles. The lowest BCUT2D eigenvalue weighted by atomic mass is 10.2. The monoisotopic (exact) mass is 392 g/mol. The van der Waals surface area contributed by atoms with Crippen molar-refractivity contribution in [3.8, 4) is 0 Å². The highest BCUT2D eigenvalue weighted by molar-refractivity contribution is 9.10. The molecule has 24 heavy (non-hydrogen) atoms. The van der Waals surface area contributed by atoms with Crippen LogP contribution in [0.2, 0.25) is 0 Å². The zero-order chi connectivity index (χ0) is 17.2. The number of carbonyl (C=O) groups is 1. The van der Waals surface area contributed by atoms with Gasteiger partial charge < -0.3 is 20.4 Å². The summed E-state index contributed by atoms with van der Waals surface area (Å²) in [7, 11) is 1.71. The summed E-state index contributed by atoms with van der Waals surface area (Å²) < 4.78 is 6.22. The molecule has 2 rings (SSSR count). The van der Waals surface area contributed by atoms with Crippen molar-refractivity contribution in [3.63, 3.8) is 0 Å². The van der Waals surface area contributed by atoms with E-state index < -0.39 is 0 Å². The number of hydrogen-bond donors (Lipinski definition) is 3. The van der Waals surface area contributed by atoms with Crippen molar-refractivity contribution in [1.82, 2.24) is 16.0 Å². The number of amides is 1. The van der Waals surface area contributed by atoms with Gasteiger partial charge in [-0.1, -0.05) is 15.9 Å². The van der Waals surface area contributed by atoms with Gasteiger partial charge in [0.1, 0.15) is 5.76 Å². The average Bonchev–Trinajstić information content (AvgIpc) is 3.10. The predicted octanol–water partition coefficient (Wildman–Crippen LogP) is 2.18. The Morgan fingerprint density at radius 1 is 1.08 bits per heavy atom. The first-order valence-corrected chi connectivity index (χ1v) is 8.49. The number of aliphatic imine (C=N–C) groups is 1. The minimum atomic E-state index is -0.0925. The van der Waals surface area contributed by atoms with Gasteiger partial charge >= 0.3 is 0 Å². The van der Waals surface area contributed by atoms with Crippen LogP contribution in [0.1, 0.15) is 16.1 Å². The first-order valence-electron chi connectivity index (χ1n) is 7.69. The van der Waals surface area contributed by atoms with E-state index in [4.69, 9.17) is 4.42 Å². The standard InChI is InChI=1S/C17H21BrN4O2/c1-19-17(21-9-8-15-3-2-12-24-15)22-11-10-20-16(23)13-4-6-14(18)7-5-13/h2-7,12H,8-11H2,1H3,(H,20,23)(H2,19,21,22). The Hall–Kier alpha value is -2.28. The molecule has 128 valence electrons. The van der Waals surface area contributed by atoms with Crippen molar-refractivity contribution in [2.24, 2.45) is 4.99 Å². The number of nitrogens with one attached hydrogen (secondary N) is 3. The number of guanidine groups is 1. The van der Waals surface area contributed by atoms with Gasteiger partial charge in [0.2, 0.25) is 0 Å². The second-order valence-electron chi connectivity index (χ2n) is 5.02. The molecule has 7 heteroatoms. The molecular weight excluding hydrogens is 372 g/mol. The summed E-state index contributed by atoms with van der Waals surface area (Å²) in [6, 6.07) is 11.1. The minimum absolute atomic E-state index is 0.0925. The molecule has 0 radical (unpaired) electrons. The van der Waals surface area contributed by atoms with Crippen molar-refractivity contribution in [2.45, 2.75) is 6.42 Å². The van der Waals surface area contributed by atoms with Crippen molar-refractivity contribution in [3.05, 3.63) is 58.5 Å². The first-order chi connectivity index (χ1) is 11.7. The smallest absolute Gasteiger partial charge is 0.251 e. The fourth-order valence-corrected chi connectivity index (χ4v) is 2.30. The minimum Gasteiger partial charge on any atom is -0.469 e. The van der Waals surface area contributed by atoms with Crippen LogP contribution in [0.4, 0.5) is 0 Å². The average molecular weight is 393 g/mol. The summed E-state index contributed by atoms with van der Waals surface area (Å²) in [4.78, 5) is 16.1. The topological polar surface area (TPSA) is 78.7 Å². The van der Waals surface area contributed by atoms with Crippen LogP contribution in [0, 0.1) is 0 Å². The highest BCUT2D eigenvalue weighted by atomic mass is 79.9. The lowest BCUT2D eigenvalue weighted by molar-refractivity contribution is 0.0954. The molecule has 1 aromatic carbocycles. The molecule has 0 spiro atoms. The van der Waals surface area contributed by atoms with Gasteiger partial charge in [0.15, 0.2) is 5.96 Å². The van der Waals surface area contributed by atoms with E-state index in [2.05, 4.69) is 36.9 Å². The summed E-state index contributed by atoms with van der Waals surface area (Å²) in [5.74, 6) is 1.53. The van der Waals surface area contributed by atoms with Crippen LogP contribution in [0.3, 0.4) is 0 Å². The van der Waals surface area contributed by atoms with Gasteiger partial charge in [-0.05, 0) is 36.4 Å². The van der Waals surface area contributed by atoms with Gasteiger partial charge in [-0.2, -0.15) is 0 Å².